The molecule has 0 saturated heterocycles. The number of sulfonamides is 1. The minimum absolute atomic E-state index is 0.103. The van der Waals surface area contributed by atoms with Gasteiger partial charge in [-0.1, -0.05) is 77.3 Å². The zero-order chi connectivity index (χ0) is 24.7. The predicted molar refractivity (Wildman–Crippen MR) is 138 cm³/mol. The molecule has 0 spiro atoms. The second-order valence-electron chi connectivity index (χ2n) is 8.28. The molecule has 1 amide bonds. The summed E-state index contributed by atoms with van der Waals surface area (Å²) in [6.07, 6.45) is 1.54. The maximum absolute atomic E-state index is 13.5. The molecule has 0 fully saturated rings. The lowest BCUT2D eigenvalue weighted by atomic mass is 10.1. The van der Waals surface area contributed by atoms with Gasteiger partial charge in [0, 0.05) is 28.2 Å². The van der Waals surface area contributed by atoms with Crippen LogP contribution in [0.2, 0.25) is 10.0 Å². The zero-order valence-electron chi connectivity index (χ0n) is 19.2. The van der Waals surface area contributed by atoms with Gasteiger partial charge >= 0.3 is 0 Å². The highest BCUT2D eigenvalue weighted by Crippen LogP contribution is 2.28. The van der Waals surface area contributed by atoms with Crippen molar-refractivity contribution in [3.63, 3.8) is 0 Å². The number of carbonyl (C=O) groups is 1. The average Bonchev–Trinajstić information content (AvgIpc) is 2.80. The van der Waals surface area contributed by atoms with Crippen molar-refractivity contribution >= 4 is 39.1 Å². The van der Waals surface area contributed by atoms with E-state index in [1.54, 1.807) is 30.3 Å². The molecule has 0 radical (unpaired) electrons. The molecular weight excluding hydrogens is 491 g/mol. The van der Waals surface area contributed by atoms with E-state index >= 15 is 0 Å². The topological polar surface area (TPSA) is 66.5 Å². The minimum atomic E-state index is -3.98. The van der Waals surface area contributed by atoms with Crippen molar-refractivity contribution in [3.05, 3.63) is 99.5 Å². The lowest BCUT2D eigenvalue weighted by Crippen LogP contribution is -2.43. The highest BCUT2D eigenvalue weighted by Gasteiger charge is 2.28. The Labute approximate surface area is 211 Å². The Kier molecular flexibility index (Phi) is 9.14. The number of halogens is 2. The summed E-state index contributed by atoms with van der Waals surface area (Å²) in [5.74, 6) is -0.389. The van der Waals surface area contributed by atoms with Gasteiger partial charge in [0.15, 0.2) is 0 Å². The van der Waals surface area contributed by atoms with Crippen LogP contribution in [0.15, 0.2) is 77.7 Å². The fourth-order valence-electron chi connectivity index (χ4n) is 3.53. The quantitative estimate of drug-likeness (QED) is 0.378. The first-order valence-electron chi connectivity index (χ1n) is 11.0. The Morgan fingerprint density at radius 2 is 1.56 bits per heavy atom. The maximum atomic E-state index is 13.5. The summed E-state index contributed by atoms with van der Waals surface area (Å²) < 4.78 is 28.0. The van der Waals surface area contributed by atoms with Crippen LogP contribution in [0, 0.1) is 6.92 Å². The summed E-state index contributed by atoms with van der Waals surface area (Å²) in [5, 5.41) is 3.60. The highest BCUT2D eigenvalue weighted by atomic mass is 35.5. The standard InChI is InChI=1S/C26H28Cl2N2O3S/c1-19-11-15-22(16-12-19)34(32,33)30(17-23-24(27)9-6-10-25(23)28)18-26(31)29-20(2)13-14-21-7-4-3-5-8-21/h3-12,15-16,20H,13-14,17-18H2,1-2H3,(H,29,31)/t20-/m1/s1. The van der Waals surface area contributed by atoms with E-state index in [0.717, 1.165) is 22.7 Å². The van der Waals surface area contributed by atoms with Crippen molar-refractivity contribution in [1.29, 1.82) is 0 Å². The van der Waals surface area contributed by atoms with Crippen LogP contribution in [0.5, 0.6) is 0 Å². The lowest BCUT2D eigenvalue weighted by molar-refractivity contribution is -0.122. The van der Waals surface area contributed by atoms with Crippen LogP contribution in [-0.2, 0) is 27.8 Å². The normalized spacial score (nSPS) is 12.5. The number of benzene rings is 3. The smallest absolute Gasteiger partial charge is 0.243 e. The molecule has 1 atom stereocenters. The Morgan fingerprint density at radius 1 is 0.941 bits per heavy atom. The molecular formula is C26H28Cl2N2O3S. The first-order valence-corrected chi connectivity index (χ1v) is 13.2. The monoisotopic (exact) mass is 518 g/mol. The number of hydrogen-bond acceptors (Lipinski definition) is 3. The van der Waals surface area contributed by atoms with Crippen LogP contribution in [0.1, 0.15) is 30.0 Å². The molecule has 0 unspecified atom stereocenters. The van der Waals surface area contributed by atoms with Gasteiger partial charge in [-0.05, 0) is 56.5 Å². The predicted octanol–water partition coefficient (Wildman–Crippen LogP) is 5.63. The van der Waals surface area contributed by atoms with E-state index in [9.17, 15) is 13.2 Å². The molecule has 0 aliphatic rings. The molecule has 3 aromatic carbocycles. The number of hydrogen-bond donors (Lipinski definition) is 1. The minimum Gasteiger partial charge on any atom is -0.352 e. The van der Waals surface area contributed by atoms with Crippen LogP contribution in [0.25, 0.3) is 0 Å². The number of nitrogens with one attached hydrogen (secondary N) is 1. The molecule has 0 aliphatic carbocycles. The van der Waals surface area contributed by atoms with Crippen LogP contribution in [0.4, 0.5) is 0 Å². The van der Waals surface area contributed by atoms with Gasteiger partial charge in [0.25, 0.3) is 0 Å². The van der Waals surface area contributed by atoms with Crippen molar-refractivity contribution in [2.24, 2.45) is 0 Å². The van der Waals surface area contributed by atoms with Gasteiger partial charge in [0.1, 0.15) is 0 Å². The molecule has 3 aromatic rings. The van der Waals surface area contributed by atoms with E-state index in [1.807, 2.05) is 44.2 Å². The first-order chi connectivity index (χ1) is 16.2. The Bertz CT molecular complexity index is 1200. The molecule has 8 heteroatoms. The number of aryl methyl sites for hydroxylation is 2. The van der Waals surface area contributed by atoms with E-state index in [1.165, 1.54) is 17.7 Å². The van der Waals surface area contributed by atoms with Gasteiger partial charge < -0.3 is 5.32 Å². The third-order valence-electron chi connectivity index (χ3n) is 5.49. The summed E-state index contributed by atoms with van der Waals surface area (Å²) in [5.41, 5.74) is 2.57. The van der Waals surface area contributed by atoms with Gasteiger partial charge in [-0.25, -0.2) is 8.42 Å². The molecule has 180 valence electrons. The summed E-state index contributed by atoms with van der Waals surface area (Å²) >= 11 is 12.6. The van der Waals surface area contributed by atoms with Crippen molar-refractivity contribution in [3.8, 4) is 0 Å². The van der Waals surface area contributed by atoms with Gasteiger partial charge in [-0.15, -0.1) is 0 Å². The summed E-state index contributed by atoms with van der Waals surface area (Å²) in [6, 6.07) is 21.4. The molecule has 0 heterocycles. The summed E-state index contributed by atoms with van der Waals surface area (Å²) in [6.45, 7) is 3.31. The van der Waals surface area contributed by atoms with Crippen molar-refractivity contribution in [1.82, 2.24) is 9.62 Å². The molecule has 0 aliphatic heterocycles. The van der Waals surface area contributed by atoms with E-state index in [4.69, 9.17) is 23.2 Å². The fraction of sp³-hybridized carbons (Fsp3) is 0.269. The number of amides is 1. The van der Waals surface area contributed by atoms with Gasteiger partial charge in [-0.2, -0.15) is 4.31 Å². The van der Waals surface area contributed by atoms with E-state index < -0.39 is 10.0 Å². The van der Waals surface area contributed by atoms with E-state index in [2.05, 4.69) is 5.32 Å². The molecule has 5 nitrogen and oxygen atoms in total. The van der Waals surface area contributed by atoms with Crippen LogP contribution in [-0.4, -0.2) is 31.2 Å². The van der Waals surface area contributed by atoms with Crippen LogP contribution in [0.3, 0.4) is 0 Å². The van der Waals surface area contributed by atoms with Gasteiger partial charge in [0.2, 0.25) is 15.9 Å². The van der Waals surface area contributed by atoms with Crippen molar-refractivity contribution in [2.75, 3.05) is 6.54 Å². The molecule has 3 rings (SSSR count). The first kappa shape index (κ1) is 26.2. The molecule has 0 aromatic heterocycles. The lowest BCUT2D eigenvalue weighted by Gasteiger charge is -2.24. The Hall–Kier alpha value is -2.38. The van der Waals surface area contributed by atoms with E-state index in [-0.39, 0.29) is 29.9 Å². The number of nitrogens with zero attached hydrogens (tertiary/aromatic N) is 1. The average molecular weight is 519 g/mol. The fourth-order valence-corrected chi connectivity index (χ4v) is 5.41. The summed E-state index contributed by atoms with van der Waals surface area (Å²) in [7, 11) is -3.98. The zero-order valence-corrected chi connectivity index (χ0v) is 21.5. The molecule has 0 saturated carbocycles. The summed E-state index contributed by atoms with van der Waals surface area (Å²) in [4.78, 5) is 13.0. The third kappa shape index (κ3) is 7.06. The number of rotatable bonds is 10. The number of carbonyl (C=O) groups excluding carboxylic acids is 1. The van der Waals surface area contributed by atoms with Crippen molar-refractivity contribution in [2.45, 2.75) is 44.2 Å². The highest BCUT2D eigenvalue weighted by molar-refractivity contribution is 7.89. The van der Waals surface area contributed by atoms with E-state index in [0.29, 0.717) is 15.6 Å². The Balaban J connectivity index is 1.77. The van der Waals surface area contributed by atoms with Crippen LogP contribution < -0.4 is 5.32 Å². The largest absolute Gasteiger partial charge is 0.352 e. The van der Waals surface area contributed by atoms with Crippen LogP contribution >= 0.6 is 23.2 Å². The second-order valence-corrected chi connectivity index (χ2v) is 11.0. The van der Waals surface area contributed by atoms with Gasteiger partial charge in [-0.3, -0.25) is 4.79 Å². The maximum Gasteiger partial charge on any atom is 0.243 e. The molecule has 1 N–H and O–H groups in total. The van der Waals surface area contributed by atoms with Crippen molar-refractivity contribution < 1.29 is 13.2 Å². The SMILES string of the molecule is Cc1ccc(S(=O)(=O)N(CC(=O)N[C@H](C)CCc2ccccc2)Cc2c(Cl)cccc2Cl)cc1. The Morgan fingerprint density at radius 3 is 2.18 bits per heavy atom. The second kappa shape index (κ2) is 11.8. The third-order valence-corrected chi connectivity index (χ3v) is 8.01. The molecule has 34 heavy (non-hydrogen) atoms. The molecule has 0 bridgehead atoms. The van der Waals surface area contributed by atoms with Gasteiger partial charge in [0.05, 0.1) is 11.4 Å².